The number of piperidine rings is 1. The number of hydrogen-bond acceptors (Lipinski definition) is 4. The first-order valence-corrected chi connectivity index (χ1v) is 9.73. The third-order valence-corrected chi connectivity index (χ3v) is 5.60. The SMILES string of the molecule is CCCc1ccc(CN2C[C@H]3CC[C@@H]2CN(Cc2cccnc2)C3)o1. The summed E-state index contributed by atoms with van der Waals surface area (Å²) in [6.07, 6.45) is 8.73. The summed E-state index contributed by atoms with van der Waals surface area (Å²) in [4.78, 5) is 9.55. The monoisotopic (exact) mass is 339 g/mol. The quantitative estimate of drug-likeness (QED) is 0.803. The van der Waals surface area contributed by atoms with Gasteiger partial charge in [-0.05, 0) is 48.9 Å². The van der Waals surface area contributed by atoms with Gasteiger partial charge in [0, 0.05) is 51.0 Å². The molecule has 0 radical (unpaired) electrons. The number of aryl methyl sites for hydroxylation is 1. The van der Waals surface area contributed by atoms with Crippen LogP contribution in [0.15, 0.2) is 41.1 Å². The van der Waals surface area contributed by atoms with E-state index in [-0.39, 0.29) is 0 Å². The van der Waals surface area contributed by atoms with Gasteiger partial charge in [0.1, 0.15) is 11.5 Å². The number of furan rings is 1. The van der Waals surface area contributed by atoms with Crippen LogP contribution in [0.5, 0.6) is 0 Å². The summed E-state index contributed by atoms with van der Waals surface area (Å²) in [5.74, 6) is 3.05. The highest BCUT2D eigenvalue weighted by Gasteiger charge is 2.35. The molecule has 3 saturated heterocycles. The van der Waals surface area contributed by atoms with E-state index in [0.717, 1.165) is 49.9 Å². The van der Waals surface area contributed by atoms with Crippen molar-refractivity contribution in [3.63, 3.8) is 0 Å². The molecule has 2 atom stereocenters. The van der Waals surface area contributed by atoms with Gasteiger partial charge in [0.2, 0.25) is 0 Å². The van der Waals surface area contributed by atoms with E-state index in [0.29, 0.717) is 6.04 Å². The zero-order valence-electron chi connectivity index (χ0n) is 15.2. The molecule has 0 saturated carbocycles. The Bertz CT molecular complexity index is 669. The Morgan fingerprint density at radius 2 is 2.00 bits per heavy atom. The molecule has 2 aromatic heterocycles. The third-order valence-electron chi connectivity index (χ3n) is 5.60. The van der Waals surface area contributed by atoms with Crippen LogP contribution < -0.4 is 0 Å². The highest BCUT2D eigenvalue weighted by Crippen LogP contribution is 2.30. The summed E-state index contributed by atoms with van der Waals surface area (Å²) in [5, 5.41) is 0. The van der Waals surface area contributed by atoms with Gasteiger partial charge in [0.05, 0.1) is 6.54 Å². The summed E-state index contributed by atoms with van der Waals surface area (Å²) in [6.45, 7) is 7.77. The minimum atomic E-state index is 0.648. The van der Waals surface area contributed by atoms with Crippen molar-refractivity contribution in [2.75, 3.05) is 19.6 Å². The molecular formula is C21H29N3O. The fourth-order valence-electron chi connectivity index (χ4n) is 4.44. The highest BCUT2D eigenvalue weighted by atomic mass is 16.3. The van der Waals surface area contributed by atoms with Crippen LogP contribution in [0.3, 0.4) is 0 Å². The van der Waals surface area contributed by atoms with Crippen molar-refractivity contribution >= 4 is 0 Å². The largest absolute Gasteiger partial charge is 0.465 e. The molecule has 0 aromatic carbocycles. The molecule has 25 heavy (non-hydrogen) atoms. The molecule has 0 amide bonds. The molecule has 0 aliphatic carbocycles. The van der Waals surface area contributed by atoms with Crippen LogP contribution in [0.2, 0.25) is 0 Å². The van der Waals surface area contributed by atoms with Gasteiger partial charge in [0.25, 0.3) is 0 Å². The van der Waals surface area contributed by atoms with Crippen molar-refractivity contribution in [1.82, 2.24) is 14.8 Å². The van der Waals surface area contributed by atoms with E-state index in [1.807, 2.05) is 18.5 Å². The molecule has 5 rings (SSSR count). The first-order valence-electron chi connectivity index (χ1n) is 9.73. The van der Waals surface area contributed by atoms with Crippen LogP contribution in [0.25, 0.3) is 0 Å². The molecule has 134 valence electrons. The highest BCUT2D eigenvalue weighted by molar-refractivity contribution is 5.10. The molecule has 0 unspecified atom stereocenters. The van der Waals surface area contributed by atoms with Gasteiger partial charge in [-0.15, -0.1) is 0 Å². The lowest BCUT2D eigenvalue weighted by Crippen LogP contribution is -2.43. The number of pyridine rings is 1. The molecule has 2 aromatic rings. The Labute approximate surface area is 150 Å². The van der Waals surface area contributed by atoms with Gasteiger partial charge in [-0.25, -0.2) is 0 Å². The Hall–Kier alpha value is -1.65. The number of hydrogen-bond donors (Lipinski definition) is 0. The smallest absolute Gasteiger partial charge is 0.118 e. The fourth-order valence-corrected chi connectivity index (χ4v) is 4.44. The van der Waals surface area contributed by atoms with E-state index >= 15 is 0 Å². The maximum Gasteiger partial charge on any atom is 0.118 e. The predicted molar refractivity (Wildman–Crippen MR) is 99.1 cm³/mol. The summed E-state index contributed by atoms with van der Waals surface area (Å²) in [5.41, 5.74) is 1.32. The molecule has 4 heteroatoms. The zero-order valence-corrected chi connectivity index (χ0v) is 15.2. The second kappa shape index (κ2) is 7.71. The number of fused-ring (bicyclic) bond motifs is 4. The van der Waals surface area contributed by atoms with Gasteiger partial charge in [-0.2, -0.15) is 0 Å². The second-order valence-corrected chi connectivity index (χ2v) is 7.70. The predicted octanol–water partition coefficient (Wildman–Crippen LogP) is 3.72. The van der Waals surface area contributed by atoms with Gasteiger partial charge in [0.15, 0.2) is 0 Å². The van der Waals surface area contributed by atoms with Crippen LogP contribution >= 0.6 is 0 Å². The number of nitrogens with zero attached hydrogens (tertiary/aromatic N) is 3. The molecule has 2 bridgehead atoms. The van der Waals surface area contributed by atoms with Crippen molar-refractivity contribution in [2.45, 2.75) is 51.7 Å². The van der Waals surface area contributed by atoms with Crippen LogP contribution in [-0.2, 0) is 19.5 Å². The molecule has 3 aliphatic rings. The lowest BCUT2D eigenvalue weighted by molar-refractivity contribution is 0.114. The average molecular weight is 339 g/mol. The van der Waals surface area contributed by atoms with E-state index in [9.17, 15) is 0 Å². The van der Waals surface area contributed by atoms with E-state index in [4.69, 9.17) is 4.42 Å². The summed E-state index contributed by atoms with van der Waals surface area (Å²) < 4.78 is 6.03. The molecule has 0 N–H and O–H groups in total. The maximum absolute atomic E-state index is 6.03. The fraction of sp³-hybridized carbons (Fsp3) is 0.571. The van der Waals surface area contributed by atoms with Gasteiger partial charge in [-0.3, -0.25) is 14.8 Å². The van der Waals surface area contributed by atoms with Crippen molar-refractivity contribution in [1.29, 1.82) is 0 Å². The molecule has 3 aliphatic heterocycles. The molecule has 4 nitrogen and oxygen atoms in total. The summed E-state index contributed by atoms with van der Waals surface area (Å²) in [6, 6.07) is 9.21. The lowest BCUT2D eigenvalue weighted by Gasteiger charge is -2.35. The first kappa shape index (κ1) is 16.8. The van der Waals surface area contributed by atoms with Crippen LogP contribution in [0, 0.1) is 5.92 Å². The van der Waals surface area contributed by atoms with Gasteiger partial charge >= 0.3 is 0 Å². The first-order chi connectivity index (χ1) is 12.3. The van der Waals surface area contributed by atoms with Crippen LogP contribution in [0.1, 0.15) is 43.3 Å². The Morgan fingerprint density at radius 3 is 2.84 bits per heavy atom. The summed E-state index contributed by atoms with van der Waals surface area (Å²) >= 11 is 0. The van der Waals surface area contributed by atoms with Crippen LogP contribution in [-0.4, -0.2) is 40.5 Å². The summed E-state index contributed by atoms with van der Waals surface area (Å²) in [7, 11) is 0. The normalized spacial score (nSPS) is 24.5. The van der Waals surface area contributed by atoms with E-state index in [1.54, 1.807) is 0 Å². The van der Waals surface area contributed by atoms with Crippen LogP contribution in [0.4, 0.5) is 0 Å². The molecule has 5 heterocycles. The molecular weight excluding hydrogens is 310 g/mol. The number of rotatable bonds is 6. The van der Waals surface area contributed by atoms with Crippen molar-refractivity contribution in [3.05, 3.63) is 53.7 Å². The van der Waals surface area contributed by atoms with Gasteiger partial charge in [-0.1, -0.05) is 13.0 Å². The zero-order chi connectivity index (χ0) is 17.1. The molecule has 0 spiro atoms. The van der Waals surface area contributed by atoms with E-state index < -0.39 is 0 Å². The van der Waals surface area contributed by atoms with Crippen molar-refractivity contribution < 1.29 is 4.42 Å². The second-order valence-electron chi connectivity index (χ2n) is 7.70. The average Bonchev–Trinajstić information content (AvgIpc) is 2.87. The van der Waals surface area contributed by atoms with Crippen molar-refractivity contribution in [2.24, 2.45) is 5.92 Å². The Balaban J connectivity index is 1.40. The van der Waals surface area contributed by atoms with E-state index in [1.165, 1.54) is 31.5 Å². The Morgan fingerprint density at radius 1 is 1.08 bits per heavy atom. The topological polar surface area (TPSA) is 32.5 Å². The minimum absolute atomic E-state index is 0.648. The standard InChI is InChI=1S/C21H29N3O/c1-2-4-20-8-9-21(25-20)16-24-14-18-6-7-19(24)15-23(13-18)12-17-5-3-10-22-11-17/h3,5,8-11,18-19H,2,4,6-7,12-16H2,1H3/t18-,19+/m0/s1. The third kappa shape index (κ3) is 4.13. The maximum atomic E-state index is 6.03. The Kier molecular flexibility index (Phi) is 5.18. The minimum Gasteiger partial charge on any atom is -0.465 e. The molecule has 3 fully saturated rings. The number of aromatic nitrogens is 1. The van der Waals surface area contributed by atoms with E-state index in [2.05, 4.69) is 39.9 Å². The lowest BCUT2D eigenvalue weighted by atomic mass is 9.95. The van der Waals surface area contributed by atoms with Gasteiger partial charge < -0.3 is 4.42 Å². The van der Waals surface area contributed by atoms with Crippen molar-refractivity contribution in [3.8, 4) is 0 Å².